The quantitative estimate of drug-likeness (QED) is 0.791. The van der Waals surface area contributed by atoms with Crippen LogP contribution in [0.15, 0.2) is 5.38 Å². The number of carbonyl (C=O) groups is 1. The first-order valence-corrected chi connectivity index (χ1v) is 9.86. The molecule has 6 heteroatoms. The van der Waals surface area contributed by atoms with Crippen molar-refractivity contribution in [2.45, 2.75) is 62.9 Å². The topological polar surface area (TPSA) is 66.0 Å². The highest BCUT2D eigenvalue weighted by Crippen LogP contribution is 2.33. The highest BCUT2D eigenvalue weighted by molar-refractivity contribution is 7.13. The third-order valence-corrected chi connectivity index (χ3v) is 6.35. The summed E-state index contributed by atoms with van der Waals surface area (Å²) in [5.41, 5.74) is 1.16. The van der Waals surface area contributed by atoms with E-state index < -0.39 is 0 Å². The van der Waals surface area contributed by atoms with E-state index in [1.807, 2.05) is 0 Å². The van der Waals surface area contributed by atoms with Crippen molar-refractivity contribution >= 4 is 22.4 Å². The minimum absolute atomic E-state index is 0.141. The first kappa shape index (κ1) is 15.5. The van der Waals surface area contributed by atoms with Crippen LogP contribution >= 0.6 is 11.3 Å². The van der Waals surface area contributed by atoms with Gasteiger partial charge in [0.05, 0.1) is 5.69 Å². The van der Waals surface area contributed by atoms with Gasteiger partial charge in [0, 0.05) is 29.8 Å². The van der Waals surface area contributed by atoms with Gasteiger partial charge in [-0.15, -0.1) is 11.3 Å². The van der Waals surface area contributed by atoms with Gasteiger partial charge in [0.1, 0.15) is 0 Å². The molecular formula is C17H26N4OS. The van der Waals surface area contributed by atoms with Crippen LogP contribution in [0.1, 0.15) is 56.6 Å². The third-order valence-electron chi connectivity index (χ3n) is 5.57. The van der Waals surface area contributed by atoms with Gasteiger partial charge in [-0.05, 0) is 57.5 Å². The average molecular weight is 334 g/mol. The normalized spacial score (nSPS) is 31.2. The van der Waals surface area contributed by atoms with Crippen LogP contribution in [0.3, 0.4) is 0 Å². The summed E-state index contributed by atoms with van der Waals surface area (Å²) in [7, 11) is 0. The summed E-state index contributed by atoms with van der Waals surface area (Å²) in [6.07, 6.45) is 7.83. The second-order valence-electron chi connectivity index (χ2n) is 7.33. The van der Waals surface area contributed by atoms with E-state index >= 15 is 0 Å². The van der Waals surface area contributed by atoms with Gasteiger partial charge in [0.2, 0.25) is 5.91 Å². The Balaban J connectivity index is 1.29. The van der Waals surface area contributed by atoms with Gasteiger partial charge in [-0.25, -0.2) is 4.98 Å². The number of piperidine rings is 2. The van der Waals surface area contributed by atoms with Crippen LogP contribution in [-0.4, -0.2) is 36.1 Å². The van der Waals surface area contributed by atoms with Crippen LogP contribution in [0.4, 0.5) is 5.13 Å². The van der Waals surface area contributed by atoms with Gasteiger partial charge in [-0.3, -0.25) is 4.79 Å². The second-order valence-corrected chi connectivity index (χ2v) is 8.19. The Kier molecular flexibility index (Phi) is 4.64. The fraction of sp³-hybridized carbons (Fsp3) is 0.765. The average Bonchev–Trinajstić information content (AvgIpc) is 3.15. The lowest BCUT2D eigenvalue weighted by Gasteiger charge is -2.28. The second kappa shape index (κ2) is 6.87. The molecule has 0 radical (unpaired) electrons. The Morgan fingerprint density at radius 1 is 1.22 bits per heavy atom. The standard InChI is InChI=1S/C17H26N4OS/c22-16(9-11-7-13-1-2-14(8-11)19-13)21-17-20-15(10-23-17)12-3-5-18-6-4-12/h10-14,18-19H,1-9H2,(H,20,21,22)/t11?,13-,14+. The minimum Gasteiger partial charge on any atom is -0.317 e. The molecule has 3 aliphatic rings. The van der Waals surface area contributed by atoms with Gasteiger partial charge in [0.25, 0.3) is 0 Å². The van der Waals surface area contributed by atoms with Crippen LogP contribution in [0.25, 0.3) is 0 Å². The summed E-state index contributed by atoms with van der Waals surface area (Å²) in [5.74, 6) is 1.23. The number of hydrogen-bond acceptors (Lipinski definition) is 5. The molecular weight excluding hydrogens is 308 g/mol. The molecule has 0 aromatic carbocycles. The Morgan fingerprint density at radius 2 is 1.96 bits per heavy atom. The zero-order valence-electron chi connectivity index (χ0n) is 13.5. The number of nitrogens with one attached hydrogen (secondary N) is 3. The van der Waals surface area contributed by atoms with Crippen LogP contribution in [0.5, 0.6) is 0 Å². The SMILES string of the molecule is O=C(CC1C[C@H]2CC[C@@H](C1)N2)Nc1nc(C2CCNCC2)cs1. The van der Waals surface area contributed by atoms with E-state index in [4.69, 9.17) is 0 Å². The maximum Gasteiger partial charge on any atom is 0.226 e. The van der Waals surface area contributed by atoms with E-state index in [2.05, 4.69) is 26.3 Å². The lowest BCUT2D eigenvalue weighted by molar-refractivity contribution is -0.117. The van der Waals surface area contributed by atoms with Crippen molar-refractivity contribution in [2.75, 3.05) is 18.4 Å². The smallest absolute Gasteiger partial charge is 0.226 e. The monoisotopic (exact) mass is 334 g/mol. The lowest BCUT2D eigenvalue weighted by Crippen LogP contribution is -2.39. The Bertz CT molecular complexity index is 543. The van der Waals surface area contributed by atoms with E-state index in [1.54, 1.807) is 11.3 Å². The van der Waals surface area contributed by atoms with Crippen LogP contribution < -0.4 is 16.0 Å². The molecule has 2 bridgehead atoms. The number of anilines is 1. The van der Waals surface area contributed by atoms with E-state index in [0.717, 1.165) is 49.6 Å². The van der Waals surface area contributed by atoms with Crippen molar-refractivity contribution in [3.8, 4) is 0 Å². The van der Waals surface area contributed by atoms with E-state index in [9.17, 15) is 4.79 Å². The van der Waals surface area contributed by atoms with Gasteiger partial charge in [0.15, 0.2) is 5.13 Å². The largest absolute Gasteiger partial charge is 0.317 e. The van der Waals surface area contributed by atoms with Crippen molar-refractivity contribution in [3.05, 3.63) is 11.1 Å². The maximum absolute atomic E-state index is 12.3. The Hall–Kier alpha value is -0.980. The Labute approximate surface area is 141 Å². The summed E-state index contributed by atoms with van der Waals surface area (Å²) in [5, 5.41) is 12.9. The molecule has 0 spiro atoms. The predicted molar refractivity (Wildman–Crippen MR) is 92.9 cm³/mol. The summed E-state index contributed by atoms with van der Waals surface area (Å²) < 4.78 is 0. The van der Waals surface area contributed by atoms with Gasteiger partial charge in [-0.1, -0.05) is 0 Å². The fourth-order valence-electron chi connectivity index (χ4n) is 4.42. The molecule has 1 aromatic rings. The number of hydrogen-bond donors (Lipinski definition) is 3. The van der Waals surface area contributed by atoms with E-state index in [-0.39, 0.29) is 5.91 Å². The highest BCUT2D eigenvalue weighted by Gasteiger charge is 2.34. The first-order chi connectivity index (χ1) is 11.3. The van der Waals surface area contributed by atoms with Crippen molar-refractivity contribution < 1.29 is 4.79 Å². The zero-order valence-corrected chi connectivity index (χ0v) is 14.3. The number of rotatable bonds is 4. The van der Waals surface area contributed by atoms with Gasteiger partial charge in [-0.2, -0.15) is 0 Å². The molecule has 3 fully saturated rings. The minimum atomic E-state index is 0.141. The van der Waals surface area contributed by atoms with Crippen LogP contribution in [0.2, 0.25) is 0 Å². The highest BCUT2D eigenvalue weighted by atomic mass is 32.1. The fourth-order valence-corrected chi connectivity index (χ4v) is 5.23. The van der Waals surface area contributed by atoms with Crippen LogP contribution in [0, 0.1) is 5.92 Å². The molecule has 126 valence electrons. The summed E-state index contributed by atoms with van der Waals surface area (Å²) in [6.45, 7) is 2.14. The zero-order chi connectivity index (χ0) is 15.6. The number of fused-ring (bicyclic) bond motifs is 2. The van der Waals surface area contributed by atoms with Gasteiger partial charge < -0.3 is 16.0 Å². The Morgan fingerprint density at radius 3 is 2.70 bits per heavy atom. The molecule has 4 heterocycles. The molecule has 3 saturated heterocycles. The van der Waals surface area contributed by atoms with Crippen molar-refractivity contribution in [3.63, 3.8) is 0 Å². The number of amides is 1. The molecule has 1 amide bonds. The number of aromatic nitrogens is 1. The van der Waals surface area contributed by atoms with Crippen molar-refractivity contribution in [2.24, 2.45) is 5.92 Å². The molecule has 0 saturated carbocycles. The molecule has 3 atom stereocenters. The molecule has 0 aliphatic carbocycles. The number of carbonyl (C=O) groups excluding carboxylic acids is 1. The lowest BCUT2D eigenvalue weighted by atomic mass is 9.89. The molecule has 23 heavy (non-hydrogen) atoms. The predicted octanol–water partition coefficient (Wildman–Crippen LogP) is 2.47. The first-order valence-electron chi connectivity index (χ1n) is 8.98. The molecule has 1 aromatic heterocycles. The van der Waals surface area contributed by atoms with E-state index in [1.165, 1.54) is 12.8 Å². The summed E-state index contributed by atoms with van der Waals surface area (Å²) in [6, 6.07) is 1.30. The summed E-state index contributed by atoms with van der Waals surface area (Å²) in [4.78, 5) is 17.0. The van der Waals surface area contributed by atoms with E-state index in [0.29, 0.717) is 30.3 Å². The molecule has 3 aliphatic heterocycles. The molecule has 5 nitrogen and oxygen atoms in total. The van der Waals surface area contributed by atoms with Crippen LogP contribution in [-0.2, 0) is 4.79 Å². The van der Waals surface area contributed by atoms with Crippen molar-refractivity contribution in [1.29, 1.82) is 0 Å². The molecule has 3 N–H and O–H groups in total. The third kappa shape index (κ3) is 3.75. The summed E-state index contributed by atoms with van der Waals surface area (Å²) >= 11 is 1.57. The maximum atomic E-state index is 12.3. The molecule has 4 rings (SSSR count). The van der Waals surface area contributed by atoms with Gasteiger partial charge >= 0.3 is 0 Å². The number of nitrogens with zero attached hydrogens (tertiary/aromatic N) is 1. The molecule has 1 unspecified atom stereocenters. The van der Waals surface area contributed by atoms with Crippen molar-refractivity contribution in [1.82, 2.24) is 15.6 Å². The number of thiazole rings is 1.